The zero-order valence-electron chi connectivity index (χ0n) is 9.00. The lowest BCUT2D eigenvalue weighted by Crippen LogP contribution is -2.35. The summed E-state index contributed by atoms with van der Waals surface area (Å²) in [6.45, 7) is 9.77. The highest BCUT2D eigenvalue weighted by Gasteiger charge is 2.28. The minimum atomic E-state index is -1.93. The van der Waals surface area contributed by atoms with Gasteiger partial charge in [0.25, 0.3) is 0 Å². The van der Waals surface area contributed by atoms with Crippen LogP contribution in [0.2, 0.25) is 13.1 Å². The van der Waals surface area contributed by atoms with E-state index in [4.69, 9.17) is 0 Å². The molecule has 0 saturated heterocycles. The Kier molecular flexibility index (Phi) is 3.06. The second-order valence-corrected chi connectivity index (χ2v) is 8.38. The maximum atomic E-state index is 12.1. The molecule has 74 valence electrons. The first-order valence-corrected chi connectivity index (χ1v) is 7.81. The van der Waals surface area contributed by atoms with Gasteiger partial charge in [-0.3, -0.25) is 4.79 Å². The predicted octanol–water partition coefficient (Wildman–Crippen LogP) is 3.15. The van der Waals surface area contributed by atoms with Crippen LogP contribution in [0.25, 0.3) is 0 Å². The molecule has 0 aliphatic rings. The topological polar surface area (TPSA) is 17.1 Å². The highest BCUT2D eigenvalue weighted by Crippen LogP contribution is 2.16. The van der Waals surface area contributed by atoms with Crippen molar-refractivity contribution in [3.05, 3.63) is 47.7 Å². The molecule has 0 aromatic heterocycles. The number of carbonyl (C=O) groups is 1. The molecule has 0 N–H and O–H groups in total. The van der Waals surface area contributed by atoms with Gasteiger partial charge in [0.15, 0.2) is 8.07 Å². The number of hydrogen-bond acceptors (Lipinski definition) is 1. The number of carbonyl (C=O) groups excluding carboxylic acids is 1. The highest BCUT2D eigenvalue weighted by molar-refractivity contribution is 7.09. The van der Waals surface area contributed by atoms with Crippen LogP contribution in [0.1, 0.15) is 15.9 Å². The Balaban J connectivity index is 3.13. The van der Waals surface area contributed by atoms with Crippen LogP contribution in [0.3, 0.4) is 0 Å². The summed E-state index contributed by atoms with van der Waals surface area (Å²) in [5.74, 6) is 0. The molecule has 0 spiro atoms. The van der Waals surface area contributed by atoms with Gasteiger partial charge in [-0.1, -0.05) is 43.1 Å². The first kappa shape index (κ1) is 10.9. The molecule has 0 radical (unpaired) electrons. The van der Waals surface area contributed by atoms with E-state index in [0.717, 1.165) is 11.1 Å². The Morgan fingerprint density at radius 2 is 1.93 bits per heavy atom. The molecule has 0 saturated carbocycles. The van der Waals surface area contributed by atoms with E-state index < -0.39 is 8.07 Å². The van der Waals surface area contributed by atoms with Gasteiger partial charge in [-0.25, -0.2) is 0 Å². The van der Waals surface area contributed by atoms with Crippen molar-refractivity contribution in [1.82, 2.24) is 0 Å². The highest BCUT2D eigenvalue weighted by atomic mass is 28.3. The monoisotopic (exact) mass is 204 g/mol. The fourth-order valence-corrected chi connectivity index (χ4v) is 2.43. The van der Waals surface area contributed by atoms with Crippen LogP contribution in [-0.2, 0) is 0 Å². The molecule has 1 rings (SSSR count). The molecule has 14 heavy (non-hydrogen) atoms. The van der Waals surface area contributed by atoms with Gasteiger partial charge in [0, 0.05) is 5.56 Å². The Labute approximate surface area is 86.5 Å². The average molecular weight is 204 g/mol. The quantitative estimate of drug-likeness (QED) is 0.691. The molecule has 0 aliphatic carbocycles. The fourth-order valence-electron chi connectivity index (χ4n) is 1.27. The van der Waals surface area contributed by atoms with Crippen LogP contribution in [0, 0.1) is 6.92 Å². The summed E-state index contributed by atoms with van der Waals surface area (Å²) in [6.07, 6.45) is 0. The zero-order chi connectivity index (χ0) is 10.8. The third-order valence-electron chi connectivity index (χ3n) is 2.49. The molecule has 2 heteroatoms. The van der Waals surface area contributed by atoms with Gasteiger partial charge in [-0.05, 0) is 12.5 Å². The third kappa shape index (κ3) is 2.01. The van der Waals surface area contributed by atoms with E-state index in [-0.39, 0.29) is 5.41 Å². The van der Waals surface area contributed by atoms with Gasteiger partial charge in [-0.15, -0.1) is 6.58 Å². The van der Waals surface area contributed by atoms with Crippen LogP contribution in [0.5, 0.6) is 0 Å². The summed E-state index contributed by atoms with van der Waals surface area (Å²) in [4.78, 5) is 12.1. The van der Waals surface area contributed by atoms with Crippen LogP contribution in [0.15, 0.2) is 36.5 Å². The first-order valence-electron chi connectivity index (χ1n) is 4.73. The Hall–Kier alpha value is -1.15. The van der Waals surface area contributed by atoms with E-state index in [2.05, 4.69) is 6.58 Å². The zero-order valence-corrected chi connectivity index (χ0v) is 10.0. The van der Waals surface area contributed by atoms with E-state index in [1.165, 1.54) is 0 Å². The lowest BCUT2D eigenvalue weighted by molar-refractivity contribution is 0.106. The summed E-state index contributed by atoms with van der Waals surface area (Å²) >= 11 is 0. The first-order chi connectivity index (χ1) is 6.49. The van der Waals surface area contributed by atoms with E-state index in [1.54, 1.807) is 0 Å². The molecule has 0 amide bonds. The minimum Gasteiger partial charge on any atom is -0.300 e. The van der Waals surface area contributed by atoms with Gasteiger partial charge >= 0.3 is 0 Å². The van der Waals surface area contributed by atoms with Crippen molar-refractivity contribution in [2.24, 2.45) is 0 Å². The Bertz CT molecular complexity index is 366. The van der Waals surface area contributed by atoms with Crippen LogP contribution >= 0.6 is 0 Å². The predicted molar refractivity (Wildman–Crippen MR) is 63.2 cm³/mol. The van der Waals surface area contributed by atoms with Gasteiger partial charge in [0.1, 0.15) is 5.41 Å². The largest absolute Gasteiger partial charge is 0.300 e. The third-order valence-corrected chi connectivity index (χ3v) is 4.95. The molecule has 1 nitrogen and oxygen atoms in total. The van der Waals surface area contributed by atoms with E-state index in [1.807, 2.05) is 50.0 Å². The maximum absolute atomic E-state index is 12.1. The summed E-state index contributed by atoms with van der Waals surface area (Å²) in [7, 11) is -1.93. The van der Waals surface area contributed by atoms with Gasteiger partial charge in [0.2, 0.25) is 0 Å². The number of rotatable bonds is 3. The molecule has 1 aromatic rings. The molecule has 0 heterocycles. The molecule has 0 fully saturated rings. The van der Waals surface area contributed by atoms with Crippen molar-refractivity contribution < 1.29 is 4.79 Å². The number of hydrogen-bond donors (Lipinski definition) is 0. The standard InChI is InChI=1S/C12H16OSi/c1-5-14(3,4)12(13)11-9-7-6-8-10(11)2/h5-9H,1H2,2-4H3. The molecule has 0 aliphatic heterocycles. The summed E-state index contributed by atoms with van der Waals surface area (Å²) in [5, 5.41) is 0.269. The molecule has 1 aromatic carbocycles. The minimum absolute atomic E-state index is 0.269. The van der Waals surface area contributed by atoms with Crippen molar-refractivity contribution in [3.63, 3.8) is 0 Å². The number of benzene rings is 1. The molecular formula is C12H16OSi. The van der Waals surface area contributed by atoms with Crippen LogP contribution < -0.4 is 0 Å². The molecule has 0 atom stereocenters. The van der Waals surface area contributed by atoms with Crippen molar-refractivity contribution >= 4 is 13.5 Å². The van der Waals surface area contributed by atoms with E-state index in [0.29, 0.717) is 0 Å². The van der Waals surface area contributed by atoms with Crippen molar-refractivity contribution in [2.45, 2.75) is 20.0 Å². The van der Waals surface area contributed by atoms with Crippen molar-refractivity contribution in [1.29, 1.82) is 0 Å². The molecular weight excluding hydrogens is 188 g/mol. The summed E-state index contributed by atoms with van der Waals surface area (Å²) in [6, 6.07) is 7.74. The smallest absolute Gasteiger partial charge is 0.155 e. The average Bonchev–Trinajstić information content (AvgIpc) is 2.17. The normalized spacial score (nSPS) is 11.1. The Morgan fingerprint density at radius 1 is 1.36 bits per heavy atom. The Morgan fingerprint density at radius 3 is 2.43 bits per heavy atom. The SMILES string of the molecule is C=C[Si](C)(C)C(=O)c1ccccc1C. The number of aryl methyl sites for hydroxylation is 1. The lowest BCUT2D eigenvalue weighted by Gasteiger charge is -2.16. The van der Waals surface area contributed by atoms with Crippen LogP contribution in [0.4, 0.5) is 0 Å². The van der Waals surface area contributed by atoms with E-state index >= 15 is 0 Å². The lowest BCUT2D eigenvalue weighted by atomic mass is 10.1. The van der Waals surface area contributed by atoms with Gasteiger partial charge in [-0.2, -0.15) is 0 Å². The van der Waals surface area contributed by atoms with Crippen molar-refractivity contribution in [2.75, 3.05) is 0 Å². The molecule has 0 unspecified atom stereocenters. The van der Waals surface area contributed by atoms with Crippen molar-refractivity contribution in [3.8, 4) is 0 Å². The van der Waals surface area contributed by atoms with E-state index in [9.17, 15) is 4.79 Å². The molecule has 0 bridgehead atoms. The van der Waals surface area contributed by atoms with Crippen LogP contribution in [-0.4, -0.2) is 13.5 Å². The summed E-state index contributed by atoms with van der Waals surface area (Å²) < 4.78 is 0. The second kappa shape index (κ2) is 3.92. The summed E-state index contributed by atoms with van der Waals surface area (Å²) in [5.41, 5.74) is 3.74. The maximum Gasteiger partial charge on any atom is 0.155 e. The fraction of sp³-hybridized carbons (Fsp3) is 0.250. The van der Waals surface area contributed by atoms with Gasteiger partial charge < -0.3 is 0 Å². The van der Waals surface area contributed by atoms with Gasteiger partial charge in [0.05, 0.1) is 0 Å². The second-order valence-electron chi connectivity index (χ2n) is 4.07.